The van der Waals surface area contributed by atoms with E-state index in [1.807, 2.05) is 6.07 Å². The number of fused-ring (bicyclic) bond motifs is 3. The number of hydrogen-bond donors (Lipinski definition) is 7. The minimum Gasteiger partial charge on any atom is -0.496 e. The molecule has 1 saturated carbocycles. The Balaban J connectivity index is 1.37. The highest BCUT2D eigenvalue weighted by Gasteiger charge is 2.68. The number of nitrogens with one attached hydrogen (secondary N) is 3. The maximum atomic E-state index is 11.9. The smallest absolute Gasteiger partial charge is 0.249 e. The van der Waals surface area contributed by atoms with Gasteiger partial charge in [0.25, 0.3) is 0 Å². The summed E-state index contributed by atoms with van der Waals surface area (Å²) in [5, 5.41) is 54.9. The monoisotopic (exact) mass is 537 g/mol. The van der Waals surface area contributed by atoms with Crippen LogP contribution < -0.4 is 20.7 Å². The van der Waals surface area contributed by atoms with Gasteiger partial charge in [0.1, 0.15) is 29.7 Å². The summed E-state index contributed by atoms with van der Waals surface area (Å²) in [6, 6.07) is 2.69. The number of likely N-dealkylation sites (N-methyl/N-ethyl adjacent to an activating group) is 2. The molecule has 0 radical (unpaired) electrons. The number of aliphatic hydroxyl groups is 4. The van der Waals surface area contributed by atoms with Crippen molar-refractivity contribution in [3.63, 3.8) is 0 Å². The molecular formula is C27H43N3O8. The van der Waals surface area contributed by atoms with Gasteiger partial charge >= 0.3 is 0 Å². The van der Waals surface area contributed by atoms with Crippen molar-refractivity contribution in [1.29, 1.82) is 0 Å². The van der Waals surface area contributed by atoms with Crippen LogP contribution in [0.5, 0.6) is 5.75 Å². The van der Waals surface area contributed by atoms with Crippen LogP contribution in [0.4, 0.5) is 0 Å². The lowest BCUT2D eigenvalue weighted by atomic mass is 9.77. The van der Waals surface area contributed by atoms with Gasteiger partial charge < -0.3 is 55.3 Å². The second-order valence-corrected chi connectivity index (χ2v) is 11.2. The van der Waals surface area contributed by atoms with E-state index in [0.717, 1.165) is 37.0 Å². The number of rotatable bonds is 7. The highest BCUT2D eigenvalue weighted by molar-refractivity contribution is 5.46. The van der Waals surface area contributed by atoms with Crippen LogP contribution in [-0.4, -0.2) is 108 Å². The molecule has 2 saturated heterocycles. The van der Waals surface area contributed by atoms with Crippen LogP contribution in [0.15, 0.2) is 12.1 Å². The topological polar surface area (TPSA) is 154 Å². The fourth-order valence-electron chi connectivity index (χ4n) is 6.90. The molecule has 1 aromatic rings. The maximum absolute atomic E-state index is 11.9. The van der Waals surface area contributed by atoms with E-state index in [2.05, 4.69) is 22.0 Å². The molecule has 0 spiro atoms. The third-order valence-electron chi connectivity index (χ3n) is 8.89. The number of methoxy groups -OCH3 is 1. The number of aliphatic hydroxyl groups excluding tert-OH is 2. The largest absolute Gasteiger partial charge is 0.496 e. The van der Waals surface area contributed by atoms with E-state index >= 15 is 0 Å². The Hall–Kier alpha value is -1.38. The fraction of sp³-hybridized carbons (Fsp3) is 0.778. The molecule has 1 aromatic carbocycles. The molecule has 11 nitrogen and oxygen atoms in total. The highest BCUT2D eigenvalue weighted by Crippen LogP contribution is 2.46. The summed E-state index contributed by atoms with van der Waals surface area (Å²) in [6.45, 7) is 2.31. The summed E-state index contributed by atoms with van der Waals surface area (Å²) < 4.78 is 23.8. The van der Waals surface area contributed by atoms with Crippen LogP contribution >= 0.6 is 0 Å². The molecule has 214 valence electrons. The Bertz CT molecular complexity index is 999. The van der Waals surface area contributed by atoms with E-state index in [-0.39, 0.29) is 13.0 Å². The second-order valence-electron chi connectivity index (χ2n) is 11.2. The third kappa shape index (κ3) is 4.56. The van der Waals surface area contributed by atoms with Crippen molar-refractivity contribution >= 4 is 0 Å². The molecule has 4 aliphatic rings. The molecule has 0 aromatic heterocycles. The summed E-state index contributed by atoms with van der Waals surface area (Å²) in [5.74, 6) is -1.31. The van der Waals surface area contributed by atoms with Gasteiger partial charge in [-0.3, -0.25) is 0 Å². The minimum absolute atomic E-state index is 0.0176. The van der Waals surface area contributed by atoms with Crippen molar-refractivity contribution in [2.45, 2.75) is 106 Å². The van der Waals surface area contributed by atoms with Crippen LogP contribution in [0.1, 0.15) is 42.9 Å². The summed E-state index contributed by atoms with van der Waals surface area (Å²) >= 11 is 0. The average Bonchev–Trinajstić information content (AvgIpc) is 2.89. The van der Waals surface area contributed by atoms with Crippen LogP contribution in [0, 0.1) is 0 Å². The molecule has 38 heavy (non-hydrogen) atoms. The van der Waals surface area contributed by atoms with E-state index in [1.165, 1.54) is 11.1 Å². The molecule has 0 bridgehead atoms. The van der Waals surface area contributed by atoms with Gasteiger partial charge in [-0.25, -0.2) is 0 Å². The number of hydrogen-bond acceptors (Lipinski definition) is 11. The van der Waals surface area contributed by atoms with Crippen molar-refractivity contribution in [3.8, 4) is 5.75 Å². The normalized spacial score (nSPS) is 42.6. The Morgan fingerprint density at radius 1 is 0.974 bits per heavy atom. The molecule has 2 heterocycles. The lowest BCUT2D eigenvalue weighted by Gasteiger charge is -2.60. The average molecular weight is 538 g/mol. The van der Waals surface area contributed by atoms with Gasteiger partial charge in [0.15, 0.2) is 0 Å². The molecule has 3 fully saturated rings. The standard InChI is InChI=1S/C27H43N3O8/c1-14-11-26(33,13-30-12-15-9-10-18(35-4)17-8-6-5-7-16(15)17)27(34)25(36-14)37-24-22(32)19(28-2)21(31)20(29-3)23(24)38-27/h9-10,14,19-25,28-34H,5-8,11-13H2,1-4H3/t14-,19-,20+,21+,22+,23?,24?,25?,26-,27-/m1/s1. The summed E-state index contributed by atoms with van der Waals surface area (Å²) in [7, 11) is 5.01. The third-order valence-corrected chi connectivity index (χ3v) is 8.89. The van der Waals surface area contributed by atoms with Gasteiger partial charge in [0, 0.05) is 19.5 Å². The predicted octanol–water partition coefficient (Wildman–Crippen LogP) is -1.09. The van der Waals surface area contributed by atoms with Crippen molar-refractivity contribution in [2.75, 3.05) is 27.7 Å². The molecule has 2 aliphatic heterocycles. The zero-order valence-corrected chi connectivity index (χ0v) is 22.6. The summed E-state index contributed by atoms with van der Waals surface area (Å²) in [5.41, 5.74) is 1.91. The molecule has 11 heteroatoms. The minimum atomic E-state index is -2.23. The van der Waals surface area contributed by atoms with Gasteiger partial charge in [0.2, 0.25) is 12.1 Å². The van der Waals surface area contributed by atoms with Gasteiger partial charge in [-0.1, -0.05) is 6.07 Å². The lowest BCUT2D eigenvalue weighted by Crippen LogP contribution is -2.81. The first-order valence-electron chi connectivity index (χ1n) is 13.7. The quantitative estimate of drug-likeness (QED) is 0.227. The fourth-order valence-corrected chi connectivity index (χ4v) is 6.90. The van der Waals surface area contributed by atoms with E-state index in [9.17, 15) is 20.4 Å². The molecule has 3 unspecified atom stereocenters. The predicted molar refractivity (Wildman–Crippen MR) is 138 cm³/mol. The second kappa shape index (κ2) is 10.9. The summed E-state index contributed by atoms with van der Waals surface area (Å²) in [6.07, 6.45) is -1.42. The first kappa shape index (κ1) is 28.2. The van der Waals surface area contributed by atoms with E-state index in [4.69, 9.17) is 18.9 Å². The van der Waals surface area contributed by atoms with Crippen molar-refractivity contribution in [1.82, 2.24) is 16.0 Å². The Morgan fingerprint density at radius 3 is 2.37 bits per heavy atom. The lowest BCUT2D eigenvalue weighted by molar-refractivity contribution is -0.482. The van der Waals surface area contributed by atoms with Crippen LogP contribution in [-0.2, 0) is 33.6 Å². The van der Waals surface area contributed by atoms with E-state index in [1.54, 1.807) is 28.1 Å². The van der Waals surface area contributed by atoms with E-state index < -0.39 is 60.3 Å². The van der Waals surface area contributed by atoms with Crippen LogP contribution in [0.2, 0.25) is 0 Å². The zero-order valence-electron chi connectivity index (χ0n) is 22.6. The molecule has 7 N–H and O–H groups in total. The van der Waals surface area contributed by atoms with Crippen molar-refractivity contribution in [3.05, 3.63) is 28.8 Å². The molecule has 10 atom stereocenters. The number of benzene rings is 1. The summed E-state index contributed by atoms with van der Waals surface area (Å²) in [4.78, 5) is 0. The van der Waals surface area contributed by atoms with E-state index in [0.29, 0.717) is 6.54 Å². The molecular weight excluding hydrogens is 494 g/mol. The Kier molecular flexibility index (Phi) is 8.07. The van der Waals surface area contributed by atoms with Gasteiger partial charge in [0.05, 0.1) is 31.4 Å². The van der Waals surface area contributed by atoms with Crippen LogP contribution in [0.25, 0.3) is 0 Å². The molecule has 5 rings (SSSR count). The van der Waals surface area contributed by atoms with Gasteiger partial charge in [-0.05, 0) is 69.5 Å². The van der Waals surface area contributed by atoms with Crippen molar-refractivity contribution < 1.29 is 39.4 Å². The molecule has 0 amide bonds. The Morgan fingerprint density at radius 2 is 1.68 bits per heavy atom. The number of ether oxygens (including phenoxy) is 4. The highest BCUT2D eigenvalue weighted by atomic mass is 16.8. The Labute approximate surface area is 223 Å². The van der Waals surface area contributed by atoms with Crippen LogP contribution in [0.3, 0.4) is 0 Å². The first-order chi connectivity index (χ1) is 18.2. The van der Waals surface area contributed by atoms with Crippen molar-refractivity contribution in [2.24, 2.45) is 0 Å². The van der Waals surface area contributed by atoms with Gasteiger partial charge in [-0.15, -0.1) is 0 Å². The van der Waals surface area contributed by atoms with Gasteiger partial charge in [-0.2, -0.15) is 0 Å². The maximum Gasteiger partial charge on any atom is 0.249 e. The molecule has 2 aliphatic carbocycles. The SMILES string of the molecule is CN[C@@H]1[C@H](O)[C@H](NC)C2O[C@]3(O)C(OC2[C@H]1O)O[C@H](C)C[C@@]3(O)CNCc1ccc(OC)c2c1CCCC2. The zero-order chi connectivity index (χ0) is 27.2. The first-order valence-corrected chi connectivity index (χ1v) is 13.7.